The predicted octanol–water partition coefficient (Wildman–Crippen LogP) is 4.21. The summed E-state index contributed by atoms with van der Waals surface area (Å²) in [5.74, 6) is 0.255. The molecule has 0 atom stereocenters. The van der Waals surface area contributed by atoms with E-state index in [0.717, 1.165) is 5.56 Å². The second kappa shape index (κ2) is 6.12. The Morgan fingerprint density at radius 2 is 1.77 bits per heavy atom. The Labute approximate surface area is 152 Å². The maximum Gasteiger partial charge on any atom is 0.341 e. The lowest BCUT2D eigenvalue weighted by molar-refractivity contribution is -0.382. The van der Waals surface area contributed by atoms with E-state index < -0.39 is 4.92 Å². The van der Waals surface area contributed by atoms with E-state index in [-0.39, 0.29) is 22.8 Å². The number of hydrogen-bond acceptors (Lipinski definition) is 5. The van der Waals surface area contributed by atoms with Crippen LogP contribution in [0.3, 0.4) is 0 Å². The highest BCUT2D eigenvalue weighted by Gasteiger charge is 2.27. The fourth-order valence-electron chi connectivity index (χ4n) is 2.78. The second-order valence-electron chi connectivity index (χ2n) is 5.63. The van der Waals surface area contributed by atoms with Crippen molar-refractivity contribution in [2.75, 3.05) is 5.73 Å². The third kappa shape index (κ3) is 2.64. The highest BCUT2D eigenvalue weighted by molar-refractivity contribution is 6.30. The minimum Gasteiger partial charge on any atom is -0.384 e. The first-order chi connectivity index (χ1) is 12.5. The minimum absolute atomic E-state index is 0.0869. The summed E-state index contributed by atoms with van der Waals surface area (Å²) in [6.45, 7) is 0. The summed E-state index contributed by atoms with van der Waals surface area (Å²) in [4.78, 5) is 15.7. The van der Waals surface area contributed by atoms with Crippen LogP contribution in [0.4, 0.5) is 11.5 Å². The summed E-state index contributed by atoms with van der Waals surface area (Å²) in [6.07, 6.45) is 0. The largest absolute Gasteiger partial charge is 0.384 e. The number of nitrogens with zero attached hydrogens (tertiary/aromatic N) is 4. The minimum atomic E-state index is -0.500. The van der Waals surface area contributed by atoms with Crippen molar-refractivity contribution in [3.05, 3.63) is 75.8 Å². The lowest BCUT2D eigenvalue weighted by atomic mass is 10.1. The molecule has 0 saturated carbocycles. The van der Waals surface area contributed by atoms with Crippen molar-refractivity contribution in [1.82, 2.24) is 14.6 Å². The number of anilines is 1. The van der Waals surface area contributed by atoms with E-state index >= 15 is 0 Å². The van der Waals surface area contributed by atoms with Crippen LogP contribution in [-0.2, 0) is 0 Å². The quantitative estimate of drug-likeness (QED) is 0.433. The molecule has 0 radical (unpaired) electrons. The summed E-state index contributed by atoms with van der Waals surface area (Å²) >= 11 is 6.02. The number of fused-ring (bicyclic) bond motifs is 1. The molecule has 0 fully saturated rings. The number of hydrogen-bond donors (Lipinski definition) is 1. The van der Waals surface area contributed by atoms with Gasteiger partial charge in [-0.1, -0.05) is 54.1 Å². The maximum atomic E-state index is 11.8. The fraction of sp³-hybridized carbons (Fsp3) is 0. The van der Waals surface area contributed by atoms with Crippen molar-refractivity contribution in [2.45, 2.75) is 0 Å². The molecule has 4 aromatic rings. The fourth-order valence-corrected chi connectivity index (χ4v) is 2.97. The molecule has 4 rings (SSSR count). The van der Waals surface area contributed by atoms with Crippen LogP contribution >= 0.6 is 11.6 Å². The molecule has 0 unspecified atom stereocenters. The van der Waals surface area contributed by atoms with Gasteiger partial charge in [-0.05, 0) is 12.1 Å². The number of rotatable bonds is 3. The molecule has 0 amide bonds. The first-order valence-electron chi connectivity index (χ1n) is 7.69. The number of nitrogens with two attached hydrogens (primary N) is 1. The Balaban J connectivity index is 2.02. The van der Waals surface area contributed by atoms with Crippen molar-refractivity contribution in [3.63, 3.8) is 0 Å². The molecule has 8 heteroatoms. The van der Waals surface area contributed by atoms with Crippen LogP contribution in [0.5, 0.6) is 0 Å². The standard InChI is InChI=1S/C18H12ClN5O2/c19-13-8-4-7-12(9-13)16-17(24(25)26)18-21-14(10-15(20)23(18)22-16)11-5-2-1-3-6-11/h1-10H,20H2. The molecule has 7 nitrogen and oxygen atoms in total. The number of halogens is 1. The van der Waals surface area contributed by atoms with Gasteiger partial charge in [-0.15, -0.1) is 0 Å². The van der Waals surface area contributed by atoms with Gasteiger partial charge in [0.1, 0.15) is 5.82 Å². The number of aromatic nitrogens is 3. The molecule has 2 N–H and O–H groups in total. The smallest absolute Gasteiger partial charge is 0.341 e. The van der Waals surface area contributed by atoms with Crippen molar-refractivity contribution in [2.24, 2.45) is 0 Å². The van der Waals surface area contributed by atoms with Crippen molar-refractivity contribution >= 4 is 28.8 Å². The molecule has 0 bridgehead atoms. The molecule has 0 spiro atoms. The van der Waals surface area contributed by atoms with Gasteiger partial charge in [-0.2, -0.15) is 9.61 Å². The Bertz CT molecular complexity index is 1140. The Morgan fingerprint density at radius 1 is 1.04 bits per heavy atom. The molecule has 2 aromatic heterocycles. The zero-order chi connectivity index (χ0) is 18.3. The Hall–Kier alpha value is -3.45. The SMILES string of the molecule is Nc1cc(-c2ccccc2)nc2c([N+](=O)[O-])c(-c3cccc(Cl)c3)nn12. The van der Waals surface area contributed by atoms with E-state index in [2.05, 4.69) is 10.1 Å². The highest BCUT2D eigenvalue weighted by atomic mass is 35.5. The number of nitrogen functional groups attached to an aromatic ring is 1. The average molecular weight is 366 g/mol. The molecule has 26 heavy (non-hydrogen) atoms. The lowest BCUT2D eigenvalue weighted by Gasteiger charge is -2.03. The topological polar surface area (TPSA) is 99.3 Å². The molecule has 2 heterocycles. The predicted molar refractivity (Wildman–Crippen MR) is 99.9 cm³/mol. The van der Waals surface area contributed by atoms with Gasteiger partial charge >= 0.3 is 5.69 Å². The van der Waals surface area contributed by atoms with Crippen LogP contribution in [0.1, 0.15) is 0 Å². The van der Waals surface area contributed by atoms with Crippen LogP contribution in [0, 0.1) is 10.1 Å². The number of nitro groups is 1. The van der Waals surface area contributed by atoms with Gasteiger partial charge in [0.05, 0.1) is 10.6 Å². The molecular formula is C18H12ClN5O2. The highest BCUT2D eigenvalue weighted by Crippen LogP contribution is 2.35. The Kier molecular flexibility index (Phi) is 3.78. The van der Waals surface area contributed by atoms with Gasteiger partial charge in [0.25, 0.3) is 0 Å². The summed E-state index contributed by atoms with van der Waals surface area (Å²) in [5.41, 5.74) is 8.01. The first-order valence-corrected chi connectivity index (χ1v) is 8.07. The van der Waals surface area contributed by atoms with E-state index in [1.165, 1.54) is 4.52 Å². The number of benzene rings is 2. The molecule has 0 aliphatic carbocycles. The van der Waals surface area contributed by atoms with E-state index in [0.29, 0.717) is 16.3 Å². The van der Waals surface area contributed by atoms with Crippen molar-refractivity contribution in [3.8, 4) is 22.5 Å². The summed E-state index contributed by atoms with van der Waals surface area (Å²) in [7, 11) is 0. The second-order valence-corrected chi connectivity index (χ2v) is 6.07. The zero-order valence-corrected chi connectivity index (χ0v) is 14.1. The van der Waals surface area contributed by atoms with E-state index in [1.807, 2.05) is 30.3 Å². The summed E-state index contributed by atoms with van der Waals surface area (Å²) < 4.78 is 1.28. The third-order valence-corrected chi connectivity index (χ3v) is 4.18. The van der Waals surface area contributed by atoms with Crippen LogP contribution < -0.4 is 5.73 Å². The molecular weight excluding hydrogens is 354 g/mol. The normalized spacial score (nSPS) is 11.0. The van der Waals surface area contributed by atoms with Crippen LogP contribution in [0.2, 0.25) is 5.02 Å². The van der Waals surface area contributed by atoms with Crippen molar-refractivity contribution in [1.29, 1.82) is 0 Å². The van der Waals surface area contributed by atoms with Gasteiger partial charge < -0.3 is 5.73 Å². The van der Waals surface area contributed by atoms with Gasteiger partial charge in [-0.25, -0.2) is 4.98 Å². The van der Waals surface area contributed by atoms with Crippen LogP contribution in [-0.4, -0.2) is 19.5 Å². The molecule has 128 valence electrons. The van der Waals surface area contributed by atoms with Crippen molar-refractivity contribution < 1.29 is 4.92 Å². The molecule has 0 aliphatic heterocycles. The van der Waals surface area contributed by atoms with E-state index in [4.69, 9.17) is 17.3 Å². The van der Waals surface area contributed by atoms with Gasteiger partial charge in [0.2, 0.25) is 5.65 Å². The van der Waals surface area contributed by atoms with E-state index in [1.54, 1.807) is 30.3 Å². The Morgan fingerprint density at radius 3 is 2.46 bits per heavy atom. The average Bonchev–Trinajstić information content (AvgIpc) is 3.03. The summed E-state index contributed by atoms with van der Waals surface area (Å²) in [5, 5.41) is 16.5. The molecule has 2 aromatic carbocycles. The molecule has 0 aliphatic rings. The van der Waals surface area contributed by atoms with Gasteiger partial charge in [-0.3, -0.25) is 10.1 Å². The van der Waals surface area contributed by atoms with Gasteiger partial charge in [0, 0.05) is 22.2 Å². The van der Waals surface area contributed by atoms with Gasteiger partial charge in [0.15, 0.2) is 5.69 Å². The third-order valence-electron chi connectivity index (χ3n) is 3.94. The van der Waals surface area contributed by atoms with E-state index in [9.17, 15) is 10.1 Å². The molecule has 0 saturated heterocycles. The monoisotopic (exact) mass is 365 g/mol. The lowest BCUT2D eigenvalue weighted by Crippen LogP contribution is -2.01. The van der Waals surface area contributed by atoms with Crippen LogP contribution in [0.25, 0.3) is 28.2 Å². The van der Waals surface area contributed by atoms with Crippen LogP contribution in [0.15, 0.2) is 60.7 Å². The zero-order valence-electron chi connectivity index (χ0n) is 13.3. The summed E-state index contributed by atoms with van der Waals surface area (Å²) in [6, 6.07) is 17.7. The first kappa shape index (κ1) is 16.0. The maximum absolute atomic E-state index is 11.8.